The lowest BCUT2D eigenvalue weighted by molar-refractivity contribution is -0.219. The molecule has 0 radical (unpaired) electrons. The van der Waals surface area contributed by atoms with Crippen LogP contribution < -0.4 is 5.73 Å². The van der Waals surface area contributed by atoms with Crippen LogP contribution in [-0.4, -0.2) is 16.6 Å². The highest BCUT2D eigenvalue weighted by molar-refractivity contribution is 5.70. The number of aliphatic carboxylic acids is 1. The number of fused-ring (bicyclic) bond motifs is 7. The lowest BCUT2D eigenvalue weighted by Crippen LogP contribution is -2.67. The van der Waals surface area contributed by atoms with Gasteiger partial charge in [0.05, 0.1) is 5.92 Å². The Hall–Kier alpha value is -1.35. The molecule has 0 aromatic rings. The number of carboxylic acids is 1. The zero-order valence-corrected chi connectivity index (χ0v) is 25.7. The molecule has 3 N–H and O–H groups in total. The number of carbonyl (C=O) groups is 1. The minimum atomic E-state index is -0.632. The van der Waals surface area contributed by atoms with Crippen LogP contribution >= 0.6 is 0 Å². The van der Waals surface area contributed by atoms with E-state index in [1.54, 1.807) is 0 Å². The number of hydrogen-bond donors (Lipinski definition) is 2. The molecule has 0 aromatic carbocycles. The predicted octanol–water partition coefficient (Wildman–Crippen LogP) is 8.70. The molecule has 0 spiro atoms. The van der Waals surface area contributed by atoms with Crippen molar-refractivity contribution in [2.75, 3.05) is 0 Å². The zero-order chi connectivity index (χ0) is 28.2. The molecule has 0 aromatic heterocycles. The van der Waals surface area contributed by atoms with Crippen LogP contribution in [0.2, 0.25) is 0 Å². The summed E-state index contributed by atoms with van der Waals surface area (Å²) in [4.78, 5) is 11.6. The summed E-state index contributed by atoms with van der Waals surface area (Å²) in [7, 11) is 0. The monoisotopic (exact) mass is 533 g/mol. The van der Waals surface area contributed by atoms with Crippen LogP contribution in [0.1, 0.15) is 119 Å². The van der Waals surface area contributed by atoms with E-state index in [-0.39, 0.29) is 16.9 Å². The highest BCUT2D eigenvalue weighted by atomic mass is 16.4. The summed E-state index contributed by atoms with van der Waals surface area (Å²) in [5.74, 6) is 2.52. The maximum absolute atomic E-state index is 11.6. The van der Waals surface area contributed by atoms with Crippen molar-refractivity contribution >= 4 is 5.97 Å². The molecule has 4 fully saturated rings. The molecule has 0 amide bonds. The first-order valence-electron chi connectivity index (χ1n) is 16.3. The number of rotatable bonds is 3. The molecule has 6 aliphatic carbocycles. The fourth-order valence-electron chi connectivity index (χ4n) is 12.7. The van der Waals surface area contributed by atoms with Crippen molar-refractivity contribution in [3.05, 3.63) is 35.5 Å². The SMILES string of the molecule is C=C(C)C1CCC2(N)CCC3(C)C(CCC4C5(C)CC=C(C6=CCC(C(=O)O)CC6)C(C)(C)C5CCC43C)C12. The molecule has 0 aliphatic heterocycles. The van der Waals surface area contributed by atoms with Gasteiger partial charge in [-0.25, -0.2) is 0 Å². The fraction of sp³-hybridized carbons (Fsp3) is 0.806. The Morgan fingerprint density at radius 1 is 0.923 bits per heavy atom. The molecule has 6 aliphatic rings. The molecule has 10 atom stereocenters. The number of allylic oxidation sites excluding steroid dienone is 5. The third-order valence-electron chi connectivity index (χ3n) is 14.8. The summed E-state index contributed by atoms with van der Waals surface area (Å²) >= 11 is 0. The second-order valence-corrected chi connectivity index (χ2v) is 16.5. The van der Waals surface area contributed by atoms with E-state index in [9.17, 15) is 9.90 Å². The third kappa shape index (κ3) is 3.66. The molecule has 6 rings (SSSR count). The number of nitrogens with two attached hydrogens (primary N) is 1. The van der Waals surface area contributed by atoms with Gasteiger partial charge in [-0.2, -0.15) is 0 Å². The van der Waals surface area contributed by atoms with E-state index >= 15 is 0 Å². The molecule has 10 unspecified atom stereocenters. The van der Waals surface area contributed by atoms with Gasteiger partial charge in [-0.3, -0.25) is 4.79 Å². The Balaban J connectivity index is 1.33. The van der Waals surface area contributed by atoms with E-state index < -0.39 is 5.97 Å². The van der Waals surface area contributed by atoms with Crippen molar-refractivity contribution in [3.8, 4) is 0 Å². The van der Waals surface area contributed by atoms with Crippen LogP contribution in [-0.2, 0) is 4.79 Å². The molecule has 39 heavy (non-hydrogen) atoms. The fourth-order valence-corrected chi connectivity index (χ4v) is 12.7. The van der Waals surface area contributed by atoms with Gasteiger partial charge < -0.3 is 10.8 Å². The van der Waals surface area contributed by atoms with E-state index in [0.717, 1.165) is 24.7 Å². The van der Waals surface area contributed by atoms with E-state index in [0.29, 0.717) is 40.4 Å². The van der Waals surface area contributed by atoms with Crippen LogP contribution in [0.25, 0.3) is 0 Å². The number of carboxylic acid groups (broad SMARTS) is 1. The first kappa shape index (κ1) is 27.8. The van der Waals surface area contributed by atoms with Crippen molar-refractivity contribution < 1.29 is 9.90 Å². The molecule has 216 valence electrons. The van der Waals surface area contributed by atoms with Gasteiger partial charge in [-0.1, -0.05) is 58.9 Å². The Morgan fingerprint density at radius 2 is 1.67 bits per heavy atom. The van der Waals surface area contributed by atoms with Crippen LogP contribution in [0.15, 0.2) is 35.5 Å². The topological polar surface area (TPSA) is 63.3 Å². The summed E-state index contributed by atoms with van der Waals surface area (Å²) in [5, 5.41) is 9.51. The third-order valence-corrected chi connectivity index (χ3v) is 14.8. The quantitative estimate of drug-likeness (QED) is 0.357. The van der Waals surface area contributed by atoms with Gasteiger partial charge in [-0.15, -0.1) is 0 Å². The van der Waals surface area contributed by atoms with Crippen LogP contribution in [0.4, 0.5) is 0 Å². The Kier molecular flexibility index (Phi) is 6.29. The van der Waals surface area contributed by atoms with Crippen molar-refractivity contribution in [1.29, 1.82) is 0 Å². The molecular weight excluding hydrogens is 478 g/mol. The normalized spacial score (nSPS) is 50.4. The van der Waals surface area contributed by atoms with E-state index in [1.807, 2.05) is 0 Å². The van der Waals surface area contributed by atoms with Crippen LogP contribution in [0, 0.1) is 57.2 Å². The summed E-state index contributed by atoms with van der Waals surface area (Å²) in [6.45, 7) is 19.8. The van der Waals surface area contributed by atoms with Crippen LogP contribution in [0.3, 0.4) is 0 Å². The summed E-state index contributed by atoms with van der Waals surface area (Å²) < 4.78 is 0. The minimum Gasteiger partial charge on any atom is -0.481 e. The Labute approximate surface area is 238 Å². The van der Waals surface area contributed by atoms with Crippen molar-refractivity contribution in [2.45, 2.75) is 124 Å². The maximum atomic E-state index is 11.6. The molecule has 0 heterocycles. The van der Waals surface area contributed by atoms with Gasteiger partial charge >= 0.3 is 5.97 Å². The first-order valence-corrected chi connectivity index (χ1v) is 16.3. The molecule has 3 heteroatoms. The lowest BCUT2D eigenvalue weighted by atomic mass is 9.33. The molecule has 3 nitrogen and oxygen atoms in total. The lowest BCUT2D eigenvalue weighted by Gasteiger charge is -2.72. The maximum Gasteiger partial charge on any atom is 0.306 e. The molecule has 0 saturated heterocycles. The van der Waals surface area contributed by atoms with Gasteiger partial charge in [0.2, 0.25) is 0 Å². The number of hydrogen-bond acceptors (Lipinski definition) is 2. The van der Waals surface area contributed by atoms with Crippen molar-refractivity contribution in [1.82, 2.24) is 0 Å². The Morgan fingerprint density at radius 3 is 2.31 bits per heavy atom. The predicted molar refractivity (Wildman–Crippen MR) is 160 cm³/mol. The van der Waals surface area contributed by atoms with E-state index in [2.05, 4.69) is 60.3 Å². The van der Waals surface area contributed by atoms with Gasteiger partial charge in [0.25, 0.3) is 0 Å². The van der Waals surface area contributed by atoms with Gasteiger partial charge in [-0.05, 0) is 146 Å². The zero-order valence-electron chi connectivity index (χ0n) is 25.7. The molecule has 4 saturated carbocycles. The summed E-state index contributed by atoms with van der Waals surface area (Å²) in [5.41, 5.74) is 12.8. The molecule has 0 bridgehead atoms. The molecular formula is C36H55NO2. The first-order chi connectivity index (χ1) is 18.2. The summed E-state index contributed by atoms with van der Waals surface area (Å²) in [6, 6.07) is 0. The van der Waals surface area contributed by atoms with Gasteiger partial charge in [0.1, 0.15) is 0 Å². The van der Waals surface area contributed by atoms with E-state index in [4.69, 9.17) is 5.73 Å². The van der Waals surface area contributed by atoms with Crippen LogP contribution in [0.5, 0.6) is 0 Å². The second-order valence-electron chi connectivity index (χ2n) is 16.5. The van der Waals surface area contributed by atoms with Crippen molar-refractivity contribution in [3.63, 3.8) is 0 Å². The second kappa shape index (κ2) is 8.83. The average Bonchev–Trinajstić information content (AvgIpc) is 3.22. The standard InChI is InChI=1S/C36H55NO2/c1-22(2)25-14-19-36(37)21-20-34(6)27(30(25)36)12-13-29-33(5)17-15-26(23-8-10-24(11-9-23)31(38)39)32(3,4)28(33)16-18-35(29,34)7/h8,15,24-25,27-30H,1,9-14,16-21,37H2,2-7H3,(H,38,39). The largest absolute Gasteiger partial charge is 0.481 e. The van der Waals surface area contributed by atoms with Gasteiger partial charge in [0, 0.05) is 5.54 Å². The Bertz CT molecular complexity index is 1130. The van der Waals surface area contributed by atoms with Crippen molar-refractivity contribution in [2.24, 2.45) is 62.9 Å². The minimum absolute atomic E-state index is 0.0237. The highest BCUT2D eigenvalue weighted by Gasteiger charge is 2.70. The smallest absolute Gasteiger partial charge is 0.306 e. The van der Waals surface area contributed by atoms with Gasteiger partial charge in [0.15, 0.2) is 0 Å². The highest BCUT2D eigenvalue weighted by Crippen LogP contribution is 2.76. The summed E-state index contributed by atoms with van der Waals surface area (Å²) in [6.07, 6.45) is 18.7. The van der Waals surface area contributed by atoms with E-state index in [1.165, 1.54) is 74.5 Å². The average molecular weight is 534 g/mol.